The first kappa shape index (κ1) is 16.5. The Bertz CT molecular complexity index is 647. The molecular weight excluding hydrogens is 284 g/mol. The van der Waals surface area contributed by atoms with E-state index in [0.717, 1.165) is 38.5 Å². The van der Waals surface area contributed by atoms with Crippen molar-refractivity contribution in [2.24, 2.45) is 10.7 Å². The van der Waals surface area contributed by atoms with Crippen LogP contribution in [0.4, 0.5) is 0 Å². The van der Waals surface area contributed by atoms with Gasteiger partial charge in [0.15, 0.2) is 0 Å². The number of nitrogens with two attached hydrogens (primary N) is 1. The van der Waals surface area contributed by atoms with Crippen molar-refractivity contribution >= 4 is 6.21 Å². The zero-order valence-corrected chi connectivity index (χ0v) is 12.9. The molecule has 1 fully saturated rings. The summed E-state index contributed by atoms with van der Waals surface area (Å²) in [6, 6.07) is -0.0548. The number of hydrogen-bond donors (Lipinski definition) is 3. The third-order valence-electron chi connectivity index (χ3n) is 4.12. The van der Waals surface area contributed by atoms with Crippen LogP contribution < -0.4 is 17.0 Å². The number of aromatic hydroxyl groups is 1. The Morgan fingerprint density at radius 3 is 2.82 bits per heavy atom. The summed E-state index contributed by atoms with van der Waals surface area (Å²) in [5.41, 5.74) is 4.83. The van der Waals surface area contributed by atoms with Crippen molar-refractivity contribution in [1.29, 1.82) is 0 Å². The molecule has 0 aromatic carbocycles. The van der Waals surface area contributed by atoms with E-state index in [9.17, 15) is 14.7 Å². The van der Waals surface area contributed by atoms with Crippen molar-refractivity contribution in [3.8, 4) is 5.88 Å². The first-order valence-corrected chi connectivity index (χ1v) is 7.89. The molecule has 2 rings (SSSR count). The molecule has 1 aliphatic carbocycles. The first-order chi connectivity index (χ1) is 10.5. The van der Waals surface area contributed by atoms with Gasteiger partial charge in [-0.15, -0.1) is 0 Å². The molecule has 0 aliphatic heterocycles. The van der Waals surface area contributed by atoms with Crippen molar-refractivity contribution in [1.82, 2.24) is 9.55 Å². The number of nitrogens with zero attached hydrogens (tertiary/aromatic N) is 2. The van der Waals surface area contributed by atoms with Crippen molar-refractivity contribution in [2.75, 3.05) is 0 Å². The summed E-state index contributed by atoms with van der Waals surface area (Å²) in [6.45, 7) is 2.35. The molecule has 1 saturated carbocycles. The van der Waals surface area contributed by atoms with Crippen LogP contribution in [0.2, 0.25) is 0 Å². The van der Waals surface area contributed by atoms with Crippen LogP contribution in [0, 0.1) is 0 Å². The minimum Gasteiger partial charge on any atom is -0.494 e. The Hall–Kier alpha value is -1.89. The Labute approximate surface area is 128 Å². The van der Waals surface area contributed by atoms with Crippen LogP contribution in [0.15, 0.2) is 14.6 Å². The highest BCUT2D eigenvalue weighted by Crippen LogP contribution is 2.20. The fourth-order valence-electron chi connectivity index (χ4n) is 2.71. The van der Waals surface area contributed by atoms with Gasteiger partial charge in [0.1, 0.15) is 5.56 Å². The monoisotopic (exact) mass is 308 g/mol. The van der Waals surface area contributed by atoms with Gasteiger partial charge in [-0.3, -0.25) is 19.3 Å². The van der Waals surface area contributed by atoms with E-state index in [2.05, 4.69) is 9.98 Å². The molecule has 0 bridgehead atoms. The van der Waals surface area contributed by atoms with Crippen molar-refractivity contribution < 1.29 is 5.11 Å². The topological polar surface area (TPSA) is 113 Å². The summed E-state index contributed by atoms with van der Waals surface area (Å²) in [6.07, 6.45) is 6.93. The van der Waals surface area contributed by atoms with Crippen LogP contribution in [0.1, 0.15) is 51.0 Å². The summed E-state index contributed by atoms with van der Waals surface area (Å²) in [5.74, 6) is -0.324. The van der Waals surface area contributed by atoms with Crippen LogP contribution in [0.25, 0.3) is 0 Å². The lowest BCUT2D eigenvalue weighted by atomic mass is 9.91. The van der Waals surface area contributed by atoms with Gasteiger partial charge in [-0.25, -0.2) is 4.79 Å². The third-order valence-corrected chi connectivity index (χ3v) is 4.12. The maximum absolute atomic E-state index is 11.9. The molecule has 4 N–H and O–H groups in total. The van der Waals surface area contributed by atoms with Gasteiger partial charge in [-0.1, -0.05) is 26.2 Å². The highest BCUT2D eigenvalue weighted by atomic mass is 16.3. The summed E-state index contributed by atoms with van der Waals surface area (Å²) in [5, 5.41) is 10.2. The van der Waals surface area contributed by atoms with Crippen LogP contribution in [-0.2, 0) is 6.54 Å². The molecule has 1 heterocycles. The minimum atomic E-state index is -0.622. The van der Waals surface area contributed by atoms with Crippen LogP contribution >= 0.6 is 0 Å². The number of aromatic amines is 1. The van der Waals surface area contributed by atoms with E-state index in [1.807, 2.05) is 6.92 Å². The average Bonchev–Trinajstić information content (AvgIpc) is 2.48. The van der Waals surface area contributed by atoms with Gasteiger partial charge < -0.3 is 10.8 Å². The molecule has 1 aromatic heterocycles. The van der Waals surface area contributed by atoms with Crippen LogP contribution in [0.3, 0.4) is 0 Å². The van der Waals surface area contributed by atoms with Gasteiger partial charge in [-0.05, 0) is 19.3 Å². The minimum absolute atomic E-state index is 0.0165. The van der Waals surface area contributed by atoms with E-state index >= 15 is 0 Å². The lowest BCUT2D eigenvalue weighted by molar-refractivity contribution is 0.385. The summed E-state index contributed by atoms with van der Waals surface area (Å²) >= 11 is 0. The number of hydrogen-bond acceptors (Lipinski definition) is 5. The predicted molar refractivity (Wildman–Crippen MR) is 85.7 cm³/mol. The van der Waals surface area contributed by atoms with E-state index in [1.165, 1.54) is 10.8 Å². The van der Waals surface area contributed by atoms with Gasteiger partial charge in [0.25, 0.3) is 5.56 Å². The molecule has 1 aliphatic rings. The fourth-order valence-corrected chi connectivity index (χ4v) is 2.71. The Morgan fingerprint density at radius 2 is 2.14 bits per heavy atom. The number of H-pyrrole nitrogens is 1. The lowest BCUT2D eigenvalue weighted by Crippen LogP contribution is -2.36. The molecule has 1 aromatic rings. The number of rotatable bonds is 5. The molecule has 22 heavy (non-hydrogen) atoms. The van der Waals surface area contributed by atoms with Crippen LogP contribution in [0.5, 0.6) is 5.88 Å². The van der Waals surface area contributed by atoms with Gasteiger partial charge in [0, 0.05) is 18.8 Å². The molecule has 0 amide bonds. The van der Waals surface area contributed by atoms with Crippen molar-refractivity contribution in [3.63, 3.8) is 0 Å². The molecule has 122 valence electrons. The Balaban J connectivity index is 2.30. The largest absolute Gasteiger partial charge is 0.494 e. The highest BCUT2D eigenvalue weighted by molar-refractivity contribution is 5.82. The maximum Gasteiger partial charge on any atom is 0.331 e. The SMILES string of the molecule is CCCCn1c(O)c(C=N[C@@H]2CCCC[C@@H]2N)c(=O)[nH]c1=O. The second-order valence-electron chi connectivity index (χ2n) is 5.80. The number of aromatic nitrogens is 2. The predicted octanol–water partition coefficient (Wildman–Crippen LogP) is 0.731. The van der Waals surface area contributed by atoms with E-state index in [0.29, 0.717) is 6.54 Å². The molecule has 0 unspecified atom stereocenters. The summed E-state index contributed by atoms with van der Waals surface area (Å²) in [7, 11) is 0. The van der Waals surface area contributed by atoms with E-state index in [1.54, 1.807) is 0 Å². The zero-order chi connectivity index (χ0) is 16.1. The summed E-state index contributed by atoms with van der Waals surface area (Å²) in [4.78, 5) is 30.2. The lowest BCUT2D eigenvalue weighted by Gasteiger charge is -2.24. The number of aliphatic imine (C=N–C) groups is 1. The third kappa shape index (κ3) is 3.65. The molecular formula is C15H24N4O3. The Morgan fingerprint density at radius 1 is 1.41 bits per heavy atom. The molecule has 7 heteroatoms. The van der Waals surface area contributed by atoms with E-state index < -0.39 is 11.2 Å². The normalized spacial score (nSPS) is 22.3. The quantitative estimate of drug-likeness (QED) is 0.696. The van der Waals surface area contributed by atoms with E-state index in [4.69, 9.17) is 5.73 Å². The number of unbranched alkanes of at least 4 members (excludes halogenated alkanes) is 1. The molecule has 0 radical (unpaired) electrons. The fraction of sp³-hybridized carbons (Fsp3) is 0.667. The van der Waals surface area contributed by atoms with E-state index in [-0.39, 0.29) is 23.5 Å². The Kier molecular flexibility index (Phi) is 5.54. The smallest absolute Gasteiger partial charge is 0.331 e. The highest BCUT2D eigenvalue weighted by Gasteiger charge is 2.21. The molecule has 7 nitrogen and oxygen atoms in total. The summed E-state index contributed by atoms with van der Waals surface area (Å²) < 4.78 is 1.17. The standard InChI is InChI=1S/C15H24N4O3/c1-2-3-8-19-14(21)10(13(20)18-15(19)22)9-17-12-7-5-4-6-11(12)16/h9,11-12,21H,2-8,16H2,1H3,(H,18,20,22)/t11-,12+/m0/s1. The van der Waals surface area contributed by atoms with Gasteiger partial charge in [0.05, 0.1) is 6.04 Å². The zero-order valence-electron chi connectivity index (χ0n) is 12.9. The second-order valence-corrected chi connectivity index (χ2v) is 5.80. The van der Waals surface area contributed by atoms with Gasteiger partial charge in [-0.2, -0.15) is 0 Å². The first-order valence-electron chi connectivity index (χ1n) is 7.89. The second kappa shape index (κ2) is 7.40. The molecule has 0 spiro atoms. The number of nitrogens with one attached hydrogen (secondary N) is 1. The molecule has 2 atom stereocenters. The average molecular weight is 308 g/mol. The maximum atomic E-state index is 11.9. The van der Waals surface area contributed by atoms with Crippen molar-refractivity contribution in [2.45, 2.75) is 64.1 Å². The molecule has 0 saturated heterocycles. The van der Waals surface area contributed by atoms with Gasteiger partial charge in [0.2, 0.25) is 5.88 Å². The van der Waals surface area contributed by atoms with Crippen molar-refractivity contribution in [3.05, 3.63) is 26.4 Å². The van der Waals surface area contributed by atoms with Crippen LogP contribution in [-0.4, -0.2) is 33.0 Å². The van der Waals surface area contributed by atoms with Gasteiger partial charge >= 0.3 is 5.69 Å².